The fourth-order valence-electron chi connectivity index (χ4n) is 5.23. The van der Waals surface area contributed by atoms with E-state index in [1.165, 1.54) is 17.0 Å². The standard InChI is InChI=1S/C24H27N5O2S/c1-13-2-5-19-21(25)22(32-24(19)27-13)23(30)28-17-6-14-3-4-18(7-20(14)31-12-17)29-10-15-8-26-9-16(15)11-29/h2-5,7,15-17,26H,6,8-12,25H2,1H3,(H,28,30)/t15-,16-,17-/m0/s1. The van der Waals surface area contributed by atoms with E-state index in [1.54, 1.807) is 0 Å². The fourth-order valence-corrected chi connectivity index (χ4v) is 6.27. The second-order valence-corrected chi connectivity index (χ2v) is 10.2. The van der Waals surface area contributed by atoms with E-state index < -0.39 is 0 Å². The molecule has 2 saturated heterocycles. The highest BCUT2D eigenvalue weighted by molar-refractivity contribution is 7.21. The third-order valence-corrected chi connectivity index (χ3v) is 8.10. The van der Waals surface area contributed by atoms with E-state index in [9.17, 15) is 4.79 Å². The average molecular weight is 450 g/mol. The molecule has 7 nitrogen and oxygen atoms in total. The molecule has 6 rings (SSSR count). The van der Waals surface area contributed by atoms with E-state index in [2.05, 4.69) is 38.7 Å². The molecular formula is C24H27N5O2S. The van der Waals surface area contributed by atoms with Gasteiger partial charge in [0.15, 0.2) is 0 Å². The molecule has 4 N–H and O–H groups in total. The molecule has 0 aliphatic carbocycles. The average Bonchev–Trinajstić information content (AvgIpc) is 3.47. The number of aryl methyl sites for hydroxylation is 1. The van der Waals surface area contributed by atoms with Crippen LogP contribution in [0, 0.1) is 18.8 Å². The quantitative estimate of drug-likeness (QED) is 0.569. The lowest BCUT2D eigenvalue weighted by Gasteiger charge is -2.28. The lowest BCUT2D eigenvalue weighted by Crippen LogP contribution is -2.42. The maximum absolute atomic E-state index is 12.9. The number of carbonyl (C=O) groups is 1. The Bertz CT molecular complexity index is 1200. The van der Waals surface area contributed by atoms with Crippen LogP contribution in [0.25, 0.3) is 10.2 Å². The number of benzene rings is 1. The van der Waals surface area contributed by atoms with Crippen molar-refractivity contribution >= 4 is 38.8 Å². The van der Waals surface area contributed by atoms with Crippen molar-refractivity contribution in [3.63, 3.8) is 0 Å². The number of aromatic nitrogens is 1. The molecule has 0 radical (unpaired) electrons. The normalized spacial score (nSPS) is 24.3. The van der Waals surface area contributed by atoms with Gasteiger partial charge in [0, 0.05) is 49.0 Å². The van der Waals surface area contributed by atoms with Crippen LogP contribution in [0.2, 0.25) is 0 Å². The first-order chi connectivity index (χ1) is 15.5. The van der Waals surface area contributed by atoms with Crippen LogP contribution in [0.15, 0.2) is 30.3 Å². The molecule has 166 valence electrons. The lowest BCUT2D eigenvalue weighted by atomic mass is 10.0. The Kier molecular flexibility index (Phi) is 4.73. The molecule has 3 atom stereocenters. The van der Waals surface area contributed by atoms with Gasteiger partial charge in [-0.2, -0.15) is 0 Å². The molecule has 0 bridgehead atoms. The van der Waals surface area contributed by atoms with Crippen LogP contribution in [0.1, 0.15) is 20.9 Å². The lowest BCUT2D eigenvalue weighted by molar-refractivity contribution is 0.0920. The van der Waals surface area contributed by atoms with Crippen LogP contribution in [-0.2, 0) is 6.42 Å². The molecule has 8 heteroatoms. The second-order valence-electron chi connectivity index (χ2n) is 9.21. The van der Waals surface area contributed by atoms with Crippen LogP contribution in [0.4, 0.5) is 11.4 Å². The highest BCUT2D eigenvalue weighted by Gasteiger charge is 2.36. The topological polar surface area (TPSA) is 92.5 Å². The van der Waals surface area contributed by atoms with E-state index >= 15 is 0 Å². The van der Waals surface area contributed by atoms with Crippen molar-refractivity contribution in [2.24, 2.45) is 11.8 Å². The Hall–Kier alpha value is -2.84. The summed E-state index contributed by atoms with van der Waals surface area (Å²) in [7, 11) is 0. The summed E-state index contributed by atoms with van der Waals surface area (Å²) >= 11 is 1.34. The molecule has 0 saturated carbocycles. The molecule has 2 aromatic heterocycles. The molecule has 0 spiro atoms. The van der Waals surface area contributed by atoms with Crippen molar-refractivity contribution in [1.29, 1.82) is 0 Å². The van der Waals surface area contributed by atoms with E-state index in [4.69, 9.17) is 10.5 Å². The number of nitrogens with two attached hydrogens (primary N) is 1. The molecule has 3 aliphatic rings. The predicted molar refractivity (Wildman–Crippen MR) is 128 cm³/mol. The maximum Gasteiger partial charge on any atom is 0.263 e. The van der Waals surface area contributed by atoms with Crippen LogP contribution in [0.3, 0.4) is 0 Å². The number of hydrogen-bond acceptors (Lipinski definition) is 7. The van der Waals surface area contributed by atoms with E-state index in [-0.39, 0.29) is 11.9 Å². The van der Waals surface area contributed by atoms with Gasteiger partial charge in [0.1, 0.15) is 22.1 Å². The van der Waals surface area contributed by atoms with Gasteiger partial charge < -0.3 is 26.0 Å². The highest BCUT2D eigenvalue weighted by atomic mass is 32.1. The summed E-state index contributed by atoms with van der Waals surface area (Å²) in [5.41, 5.74) is 10.0. The van der Waals surface area contributed by atoms with Crippen LogP contribution >= 0.6 is 11.3 Å². The Morgan fingerprint density at radius 3 is 2.88 bits per heavy atom. The Labute approximate surface area is 191 Å². The van der Waals surface area contributed by atoms with Gasteiger partial charge >= 0.3 is 0 Å². The number of hydrogen-bond donors (Lipinski definition) is 3. The Morgan fingerprint density at radius 1 is 1.25 bits per heavy atom. The summed E-state index contributed by atoms with van der Waals surface area (Å²) in [5, 5.41) is 7.44. The number of nitrogens with one attached hydrogen (secondary N) is 2. The van der Waals surface area contributed by atoms with Gasteiger partial charge in [0.2, 0.25) is 0 Å². The van der Waals surface area contributed by atoms with Gasteiger partial charge in [-0.3, -0.25) is 4.79 Å². The summed E-state index contributed by atoms with van der Waals surface area (Å²) in [4.78, 5) is 21.2. The number of thiophene rings is 1. The Balaban J connectivity index is 1.15. The predicted octanol–water partition coefficient (Wildman–Crippen LogP) is 2.58. The number of nitrogens with zero attached hydrogens (tertiary/aromatic N) is 2. The van der Waals surface area contributed by atoms with Crippen LogP contribution < -0.4 is 26.0 Å². The summed E-state index contributed by atoms with van der Waals surface area (Å²) < 4.78 is 6.08. The van der Waals surface area contributed by atoms with Crippen molar-refractivity contribution in [3.8, 4) is 5.75 Å². The number of ether oxygens (including phenoxy) is 1. The monoisotopic (exact) mass is 449 g/mol. The van der Waals surface area contributed by atoms with Gasteiger partial charge in [-0.15, -0.1) is 11.3 Å². The molecule has 32 heavy (non-hydrogen) atoms. The molecule has 2 fully saturated rings. The van der Waals surface area contributed by atoms with Gasteiger partial charge in [0.05, 0.1) is 11.7 Å². The largest absolute Gasteiger partial charge is 0.491 e. The van der Waals surface area contributed by atoms with Crippen LogP contribution in [-0.4, -0.2) is 49.7 Å². The van der Waals surface area contributed by atoms with Crippen molar-refractivity contribution in [2.75, 3.05) is 43.4 Å². The molecule has 1 aromatic carbocycles. The third kappa shape index (κ3) is 3.38. The first-order valence-electron chi connectivity index (χ1n) is 11.2. The zero-order valence-corrected chi connectivity index (χ0v) is 18.9. The van der Waals surface area contributed by atoms with Gasteiger partial charge in [-0.25, -0.2) is 4.98 Å². The number of rotatable bonds is 3. The number of amides is 1. The summed E-state index contributed by atoms with van der Waals surface area (Å²) in [6.07, 6.45) is 0.749. The minimum absolute atomic E-state index is 0.0858. The summed E-state index contributed by atoms with van der Waals surface area (Å²) in [5.74, 6) is 2.29. The number of pyridine rings is 1. The molecule has 3 aliphatic heterocycles. The Morgan fingerprint density at radius 2 is 2.06 bits per heavy atom. The zero-order valence-electron chi connectivity index (χ0n) is 18.1. The van der Waals surface area contributed by atoms with Crippen molar-refractivity contribution in [2.45, 2.75) is 19.4 Å². The van der Waals surface area contributed by atoms with Gasteiger partial charge in [-0.05, 0) is 48.9 Å². The second kappa shape index (κ2) is 7.64. The summed E-state index contributed by atoms with van der Waals surface area (Å²) in [6, 6.07) is 10.3. The number of anilines is 2. The molecule has 0 unspecified atom stereocenters. The first-order valence-corrected chi connectivity index (χ1v) is 12.0. The number of carbonyl (C=O) groups excluding carboxylic acids is 1. The minimum atomic E-state index is -0.158. The maximum atomic E-state index is 12.9. The van der Waals surface area contributed by atoms with E-state index in [0.29, 0.717) is 17.2 Å². The van der Waals surface area contributed by atoms with Gasteiger partial charge in [0.25, 0.3) is 5.91 Å². The SMILES string of the molecule is Cc1ccc2c(N)c(C(=O)N[C@@H]3COc4cc(N5C[C@@H]6CNC[C@H]6C5)ccc4C3)sc2n1. The summed E-state index contributed by atoms with van der Waals surface area (Å²) in [6.45, 7) is 6.87. The fraction of sp³-hybridized carbons (Fsp3) is 0.417. The van der Waals surface area contributed by atoms with Crippen molar-refractivity contribution in [1.82, 2.24) is 15.6 Å². The van der Waals surface area contributed by atoms with E-state index in [1.807, 2.05) is 19.1 Å². The smallest absolute Gasteiger partial charge is 0.263 e. The highest BCUT2D eigenvalue weighted by Crippen LogP contribution is 2.36. The number of nitrogen functional groups attached to an aromatic ring is 1. The van der Waals surface area contributed by atoms with E-state index in [0.717, 1.165) is 71.7 Å². The first kappa shape index (κ1) is 19.8. The van der Waals surface area contributed by atoms with Crippen LogP contribution in [0.5, 0.6) is 5.75 Å². The van der Waals surface area contributed by atoms with Crippen molar-refractivity contribution < 1.29 is 9.53 Å². The minimum Gasteiger partial charge on any atom is -0.491 e. The zero-order chi connectivity index (χ0) is 21.8. The molecule has 1 amide bonds. The van der Waals surface area contributed by atoms with Gasteiger partial charge in [-0.1, -0.05) is 6.07 Å². The molecule has 3 aromatic rings. The molecule has 5 heterocycles. The van der Waals surface area contributed by atoms with Crippen molar-refractivity contribution in [3.05, 3.63) is 46.5 Å². The molecular weight excluding hydrogens is 422 g/mol. The number of fused-ring (bicyclic) bond motifs is 3. The third-order valence-electron chi connectivity index (χ3n) is 6.99.